The number of benzene rings is 1. The Morgan fingerprint density at radius 1 is 1.47 bits per heavy atom. The number of nitrogens with zero attached hydrogens (tertiary/aromatic N) is 1. The van der Waals surface area contributed by atoms with E-state index in [0.717, 1.165) is 24.3 Å². The highest BCUT2D eigenvalue weighted by Gasteiger charge is 2.29. The van der Waals surface area contributed by atoms with E-state index in [9.17, 15) is 0 Å². The third kappa shape index (κ3) is 2.20. The van der Waals surface area contributed by atoms with Crippen LogP contribution in [0.25, 0.3) is 0 Å². The van der Waals surface area contributed by atoms with E-state index in [0.29, 0.717) is 11.1 Å². The lowest BCUT2D eigenvalue weighted by atomic mass is 10.2. The number of hydrogen-bond acceptors (Lipinski definition) is 2. The van der Waals surface area contributed by atoms with E-state index in [4.69, 9.17) is 17.3 Å². The van der Waals surface area contributed by atoms with Gasteiger partial charge in [-0.25, -0.2) is 0 Å². The summed E-state index contributed by atoms with van der Waals surface area (Å²) in [5, 5.41) is 0.661. The normalized spacial score (nSPS) is 15.3. The largest absolute Gasteiger partial charge is 0.396 e. The Morgan fingerprint density at radius 3 is 2.80 bits per heavy atom. The van der Waals surface area contributed by atoms with Gasteiger partial charge in [-0.05, 0) is 31.4 Å². The lowest BCUT2D eigenvalue weighted by Gasteiger charge is -2.25. The molecule has 0 aromatic heterocycles. The van der Waals surface area contributed by atoms with Crippen LogP contribution in [-0.2, 0) is 0 Å². The van der Waals surface area contributed by atoms with Crippen molar-refractivity contribution in [3.05, 3.63) is 23.2 Å². The van der Waals surface area contributed by atoms with Crippen LogP contribution in [0.4, 0.5) is 11.4 Å². The Bertz CT molecular complexity index is 347. The lowest BCUT2D eigenvalue weighted by molar-refractivity contribution is 0.764. The van der Waals surface area contributed by atoms with Crippen molar-refractivity contribution < 1.29 is 0 Å². The van der Waals surface area contributed by atoms with Gasteiger partial charge in [0.05, 0.1) is 16.4 Å². The minimum atomic E-state index is 0.661. The number of halogens is 1. The SMILES string of the molecule is CCCN(c1cccc(Cl)c1N)C1CC1. The van der Waals surface area contributed by atoms with Gasteiger partial charge in [-0.2, -0.15) is 0 Å². The Balaban J connectivity index is 2.28. The van der Waals surface area contributed by atoms with Crippen LogP contribution in [0.5, 0.6) is 0 Å². The van der Waals surface area contributed by atoms with E-state index in [1.54, 1.807) is 0 Å². The fraction of sp³-hybridized carbons (Fsp3) is 0.500. The van der Waals surface area contributed by atoms with Crippen LogP contribution in [0.1, 0.15) is 26.2 Å². The average molecular weight is 225 g/mol. The molecule has 1 aromatic carbocycles. The monoisotopic (exact) mass is 224 g/mol. The Hall–Kier alpha value is -0.890. The predicted molar refractivity (Wildman–Crippen MR) is 66.5 cm³/mol. The van der Waals surface area contributed by atoms with Crippen molar-refractivity contribution in [1.82, 2.24) is 0 Å². The molecule has 0 aliphatic heterocycles. The molecular formula is C12H17ClN2. The minimum Gasteiger partial charge on any atom is -0.396 e. The number of rotatable bonds is 4. The van der Waals surface area contributed by atoms with E-state index in [1.807, 2.05) is 12.1 Å². The summed E-state index contributed by atoms with van der Waals surface area (Å²) in [6, 6.07) is 6.57. The molecule has 3 heteroatoms. The van der Waals surface area contributed by atoms with Crippen LogP contribution in [-0.4, -0.2) is 12.6 Å². The Kier molecular flexibility index (Phi) is 3.06. The molecule has 1 fully saturated rings. The summed E-state index contributed by atoms with van der Waals surface area (Å²) in [6.07, 6.45) is 3.71. The van der Waals surface area contributed by atoms with Crippen LogP contribution in [0.15, 0.2) is 18.2 Å². The van der Waals surface area contributed by atoms with Crippen LogP contribution >= 0.6 is 11.6 Å². The molecule has 0 radical (unpaired) electrons. The van der Waals surface area contributed by atoms with Gasteiger partial charge in [-0.1, -0.05) is 24.6 Å². The van der Waals surface area contributed by atoms with Crippen LogP contribution < -0.4 is 10.6 Å². The third-order valence-corrected chi connectivity index (χ3v) is 3.12. The van der Waals surface area contributed by atoms with Crippen molar-refractivity contribution in [3.8, 4) is 0 Å². The first-order valence-electron chi connectivity index (χ1n) is 5.54. The first-order valence-corrected chi connectivity index (χ1v) is 5.92. The van der Waals surface area contributed by atoms with Crippen LogP contribution in [0.3, 0.4) is 0 Å². The molecule has 0 bridgehead atoms. The fourth-order valence-electron chi connectivity index (χ4n) is 1.90. The second-order valence-corrected chi connectivity index (χ2v) is 4.50. The quantitative estimate of drug-likeness (QED) is 0.796. The van der Waals surface area contributed by atoms with Gasteiger partial charge in [0.2, 0.25) is 0 Å². The van der Waals surface area contributed by atoms with E-state index < -0.39 is 0 Å². The summed E-state index contributed by atoms with van der Waals surface area (Å²) in [7, 11) is 0. The van der Waals surface area contributed by atoms with E-state index >= 15 is 0 Å². The molecule has 0 heterocycles. The molecule has 1 saturated carbocycles. The molecule has 2 N–H and O–H groups in total. The number of para-hydroxylation sites is 1. The van der Waals surface area contributed by atoms with Gasteiger partial charge in [0, 0.05) is 12.6 Å². The molecule has 1 aliphatic carbocycles. The minimum absolute atomic E-state index is 0.661. The molecule has 2 rings (SSSR count). The lowest BCUT2D eigenvalue weighted by Crippen LogP contribution is -2.27. The summed E-state index contributed by atoms with van der Waals surface area (Å²) in [5.41, 5.74) is 7.83. The van der Waals surface area contributed by atoms with E-state index in [-0.39, 0.29) is 0 Å². The summed E-state index contributed by atoms with van der Waals surface area (Å²) in [4.78, 5) is 2.39. The molecule has 1 aromatic rings. The molecule has 15 heavy (non-hydrogen) atoms. The molecule has 0 amide bonds. The van der Waals surface area contributed by atoms with Gasteiger partial charge < -0.3 is 10.6 Å². The zero-order valence-electron chi connectivity index (χ0n) is 9.04. The maximum Gasteiger partial charge on any atom is 0.0741 e. The van der Waals surface area contributed by atoms with Crippen molar-refractivity contribution in [1.29, 1.82) is 0 Å². The number of nitrogens with two attached hydrogens (primary N) is 1. The Morgan fingerprint density at radius 2 is 2.20 bits per heavy atom. The summed E-state index contributed by atoms with van der Waals surface area (Å²) >= 11 is 6.03. The van der Waals surface area contributed by atoms with Gasteiger partial charge in [-0.15, -0.1) is 0 Å². The Labute approximate surface area is 96.0 Å². The van der Waals surface area contributed by atoms with Crippen molar-refractivity contribution in [2.45, 2.75) is 32.2 Å². The fourth-order valence-corrected chi connectivity index (χ4v) is 2.07. The van der Waals surface area contributed by atoms with Crippen LogP contribution in [0, 0.1) is 0 Å². The highest BCUT2D eigenvalue weighted by atomic mass is 35.5. The molecule has 2 nitrogen and oxygen atoms in total. The van der Waals surface area contributed by atoms with Gasteiger partial charge in [-0.3, -0.25) is 0 Å². The van der Waals surface area contributed by atoms with Crippen molar-refractivity contribution in [2.24, 2.45) is 0 Å². The zero-order valence-corrected chi connectivity index (χ0v) is 9.80. The number of hydrogen-bond donors (Lipinski definition) is 1. The molecule has 0 atom stereocenters. The molecule has 0 saturated heterocycles. The summed E-state index contributed by atoms with van der Waals surface area (Å²) in [5.74, 6) is 0. The molecular weight excluding hydrogens is 208 g/mol. The first kappa shape index (κ1) is 10.6. The maximum atomic E-state index is 6.03. The number of nitrogen functional groups attached to an aromatic ring is 1. The second kappa shape index (κ2) is 4.31. The van der Waals surface area contributed by atoms with Gasteiger partial charge in [0.1, 0.15) is 0 Å². The molecule has 0 unspecified atom stereocenters. The average Bonchev–Trinajstić information content (AvgIpc) is 3.03. The summed E-state index contributed by atoms with van der Waals surface area (Å²) in [6.45, 7) is 3.26. The maximum absolute atomic E-state index is 6.03. The van der Waals surface area contributed by atoms with Crippen molar-refractivity contribution in [3.63, 3.8) is 0 Å². The standard InChI is InChI=1S/C12H17ClN2/c1-2-8-15(9-6-7-9)11-5-3-4-10(13)12(11)14/h3-5,9H,2,6-8,14H2,1H3. The molecule has 82 valence electrons. The van der Waals surface area contributed by atoms with Crippen molar-refractivity contribution >= 4 is 23.0 Å². The smallest absolute Gasteiger partial charge is 0.0741 e. The predicted octanol–water partition coefficient (Wildman–Crippen LogP) is 3.30. The van der Waals surface area contributed by atoms with Crippen molar-refractivity contribution in [2.75, 3.05) is 17.2 Å². The third-order valence-electron chi connectivity index (χ3n) is 2.79. The number of anilines is 2. The van der Waals surface area contributed by atoms with E-state index in [1.165, 1.54) is 12.8 Å². The van der Waals surface area contributed by atoms with Gasteiger partial charge >= 0.3 is 0 Å². The topological polar surface area (TPSA) is 29.3 Å². The van der Waals surface area contributed by atoms with E-state index in [2.05, 4.69) is 17.9 Å². The van der Waals surface area contributed by atoms with Gasteiger partial charge in [0.25, 0.3) is 0 Å². The highest BCUT2D eigenvalue weighted by Crippen LogP contribution is 2.37. The second-order valence-electron chi connectivity index (χ2n) is 4.10. The zero-order chi connectivity index (χ0) is 10.8. The molecule has 1 aliphatic rings. The summed E-state index contributed by atoms with van der Waals surface area (Å²) < 4.78 is 0. The first-order chi connectivity index (χ1) is 7.24. The van der Waals surface area contributed by atoms with Gasteiger partial charge in [0.15, 0.2) is 0 Å². The van der Waals surface area contributed by atoms with Crippen LogP contribution in [0.2, 0.25) is 5.02 Å². The molecule has 0 spiro atoms. The highest BCUT2D eigenvalue weighted by molar-refractivity contribution is 6.33.